The zero-order valence-corrected chi connectivity index (χ0v) is 15.7. The average molecular weight is 366 g/mol. The van der Waals surface area contributed by atoms with E-state index in [-0.39, 0.29) is 4.90 Å². The average Bonchev–Trinajstić information content (AvgIpc) is 2.68. The van der Waals surface area contributed by atoms with E-state index in [4.69, 9.17) is 4.18 Å². The van der Waals surface area contributed by atoms with Gasteiger partial charge in [-0.3, -0.25) is 0 Å². The Bertz CT molecular complexity index is 908. The van der Waals surface area contributed by atoms with Gasteiger partial charge in [0.2, 0.25) is 0 Å². The van der Waals surface area contributed by atoms with E-state index in [2.05, 4.69) is 0 Å². The molecule has 0 fully saturated rings. The lowest BCUT2D eigenvalue weighted by Gasteiger charge is -2.33. The number of aryl methyl sites for hydroxylation is 1. The molecule has 0 saturated heterocycles. The predicted octanol–water partition coefficient (Wildman–Crippen LogP) is 5.05. The molecule has 0 aliphatic carbocycles. The van der Waals surface area contributed by atoms with Gasteiger partial charge in [0, 0.05) is 0 Å². The van der Waals surface area contributed by atoms with Crippen molar-refractivity contribution in [3.8, 4) is 0 Å². The van der Waals surface area contributed by atoms with E-state index in [1.165, 1.54) is 0 Å². The molecular formula is C22H22O3S. The molecule has 0 amide bonds. The maximum Gasteiger partial charge on any atom is 0.298 e. The summed E-state index contributed by atoms with van der Waals surface area (Å²) in [6.07, 6.45) is 0.478. The molecule has 26 heavy (non-hydrogen) atoms. The Kier molecular flexibility index (Phi) is 5.25. The van der Waals surface area contributed by atoms with E-state index >= 15 is 0 Å². The quantitative estimate of drug-likeness (QED) is 0.573. The topological polar surface area (TPSA) is 43.4 Å². The van der Waals surface area contributed by atoms with Gasteiger partial charge in [-0.15, -0.1) is 0 Å². The van der Waals surface area contributed by atoms with Crippen LogP contribution < -0.4 is 0 Å². The molecule has 0 N–H and O–H groups in total. The van der Waals surface area contributed by atoms with Gasteiger partial charge in [-0.2, -0.15) is 8.42 Å². The lowest BCUT2D eigenvalue weighted by Crippen LogP contribution is -2.33. The van der Waals surface area contributed by atoms with Crippen molar-refractivity contribution in [2.24, 2.45) is 0 Å². The minimum absolute atomic E-state index is 0.160. The Morgan fingerprint density at radius 2 is 1.23 bits per heavy atom. The molecule has 0 bridgehead atoms. The van der Waals surface area contributed by atoms with Crippen LogP contribution in [0.5, 0.6) is 0 Å². The standard InChI is InChI=1S/C22H22O3S/c1-3-22(19-10-6-4-7-11-19,20-12-8-5-9-13-20)25-26(23,24)21-16-14-18(2)15-17-21/h4-17H,3H2,1-2H3. The van der Waals surface area contributed by atoms with Crippen molar-refractivity contribution in [3.63, 3.8) is 0 Å². The van der Waals surface area contributed by atoms with Gasteiger partial charge >= 0.3 is 0 Å². The molecule has 0 radical (unpaired) electrons. The van der Waals surface area contributed by atoms with Crippen molar-refractivity contribution < 1.29 is 12.6 Å². The maximum absolute atomic E-state index is 13.0. The third-order valence-electron chi connectivity index (χ3n) is 4.54. The van der Waals surface area contributed by atoms with Crippen molar-refractivity contribution in [3.05, 3.63) is 102 Å². The van der Waals surface area contributed by atoms with E-state index < -0.39 is 15.7 Å². The Balaban J connectivity index is 2.14. The summed E-state index contributed by atoms with van der Waals surface area (Å²) in [5.74, 6) is 0. The molecule has 0 atom stereocenters. The molecule has 4 heteroatoms. The van der Waals surface area contributed by atoms with E-state index in [1.54, 1.807) is 24.3 Å². The van der Waals surface area contributed by atoms with Gasteiger partial charge in [0.25, 0.3) is 10.1 Å². The van der Waals surface area contributed by atoms with Gasteiger partial charge in [-0.1, -0.05) is 85.3 Å². The summed E-state index contributed by atoms with van der Waals surface area (Å²) in [5.41, 5.74) is 1.54. The van der Waals surface area contributed by atoms with Gasteiger partial charge < -0.3 is 0 Å². The Morgan fingerprint density at radius 3 is 1.65 bits per heavy atom. The number of hydrogen-bond donors (Lipinski definition) is 0. The summed E-state index contributed by atoms with van der Waals surface area (Å²) in [5, 5.41) is 0. The van der Waals surface area contributed by atoms with E-state index in [1.807, 2.05) is 74.5 Å². The zero-order valence-electron chi connectivity index (χ0n) is 14.9. The highest BCUT2D eigenvalue weighted by molar-refractivity contribution is 7.86. The minimum Gasteiger partial charge on any atom is -0.250 e. The molecule has 3 aromatic rings. The van der Waals surface area contributed by atoms with E-state index in [9.17, 15) is 8.42 Å². The van der Waals surface area contributed by atoms with Crippen LogP contribution in [0.25, 0.3) is 0 Å². The Morgan fingerprint density at radius 1 is 0.769 bits per heavy atom. The summed E-state index contributed by atoms with van der Waals surface area (Å²) >= 11 is 0. The largest absolute Gasteiger partial charge is 0.298 e. The highest BCUT2D eigenvalue weighted by Crippen LogP contribution is 2.39. The second kappa shape index (κ2) is 7.44. The molecule has 0 aromatic heterocycles. The van der Waals surface area contributed by atoms with Gasteiger partial charge in [0.15, 0.2) is 0 Å². The smallest absolute Gasteiger partial charge is 0.250 e. The molecule has 134 valence electrons. The van der Waals surface area contributed by atoms with Gasteiger partial charge in [0.1, 0.15) is 5.60 Å². The summed E-state index contributed by atoms with van der Waals surface area (Å²) in [6.45, 7) is 3.85. The molecule has 0 aliphatic heterocycles. The van der Waals surface area contributed by atoms with Crippen LogP contribution in [0.15, 0.2) is 89.8 Å². The van der Waals surface area contributed by atoms with Crippen molar-refractivity contribution in [1.82, 2.24) is 0 Å². The Labute approximate surface area is 155 Å². The first-order valence-electron chi connectivity index (χ1n) is 8.61. The van der Waals surface area contributed by atoms with Gasteiger partial charge in [-0.05, 0) is 36.6 Å². The van der Waals surface area contributed by atoms with Crippen LogP contribution in [-0.2, 0) is 19.9 Å². The summed E-state index contributed by atoms with van der Waals surface area (Å²) in [7, 11) is -3.94. The number of rotatable bonds is 6. The molecule has 0 spiro atoms. The summed E-state index contributed by atoms with van der Waals surface area (Å²) in [6, 6.07) is 25.7. The lowest BCUT2D eigenvalue weighted by molar-refractivity contribution is 0.114. The van der Waals surface area contributed by atoms with Crippen molar-refractivity contribution >= 4 is 10.1 Å². The third-order valence-corrected chi connectivity index (χ3v) is 5.89. The van der Waals surface area contributed by atoms with Crippen LogP contribution in [0.3, 0.4) is 0 Å². The second-order valence-electron chi connectivity index (χ2n) is 6.26. The first-order chi connectivity index (χ1) is 12.5. The van der Waals surface area contributed by atoms with Crippen LogP contribution >= 0.6 is 0 Å². The fourth-order valence-electron chi connectivity index (χ4n) is 3.09. The molecule has 0 unspecified atom stereocenters. The molecule has 0 saturated carbocycles. The second-order valence-corrected chi connectivity index (χ2v) is 7.81. The Hall–Kier alpha value is -2.43. The van der Waals surface area contributed by atoms with Crippen LogP contribution in [0.4, 0.5) is 0 Å². The fraction of sp³-hybridized carbons (Fsp3) is 0.182. The van der Waals surface area contributed by atoms with Crippen LogP contribution in [0.2, 0.25) is 0 Å². The third kappa shape index (κ3) is 3.57. The van der Waals surface area contributed by atoms with E-state index in [0.717, 1.165) is 16.7 Å². The van der Waals surface area contributed by atoms with Crippen LogP contribution in [0.1, 0.15) is 30.0 Å². The van der Waals surface area contributed by atoms with E-state index in [0.29, 0.717) is 6.42 Å². The SMILES string of the molecule is CCC(OS(=O)(=O)c1ccc(C)cc1)(c1ccccc1)c1ccccc1. The summed E-state index contributed by atoms with van der Waals surface area (Å²) in [4.78, 5) is 0.160. The first-order valence-corrected chi connectivity index (χ1v) is 10.0. The van der Waals surface area contributed by atoms with Crippen molar-refractivity contribution in [2.45, 2.75) is 30.8 Å². The highest BCUT2D eigenvalue weighted by Gasteiger charge is 2.39. The monoisotopic (exact) mass is 366 g/mol. The number of benzene rings is 3. The molecular weight excluding hydrogens is 344 g/mol. The maximum atomic E-state index is 13.0. The predicted molar refractivity (Wildman–Crippen MR) is 103 cm³/mol. The molecule has 3 nitrogen and oxygen atoms in total. The minimum atomic E-state index is -3.94. The molecule has 0 heterocycles. The van der Waals surface area contributed by atoms with Crippen LogP contribution in [0, 0.1) is 6.92 Å². The fourth-order valence-corrected chi connectivity index (χ4v) is 4.34. The lowest BCUT2D eigenvalue weighted by atomic mass is 9.84. The zero-order chi connectivity index (χ0) is 18.6. The highest BCUT2D eigenvalue weighted by atomic mass is 32.2. The van der Waals surface area contributed by atoms with Crippen molar-refractivity contribution in [2.75, 3.05) is 0 Å². The molecule has 0 aliphatic rings. The van der Waals surface area contributed by atoms with Gasteiger partial charge in [-0.25, -0.2) is 4.18 Å². The molecule has 3 aromatic carbocycles. The summed E-state index contributed by atoms with van der Waals surface area (Å²) < 4.78 is 32.0. The first kappa shape index (κ1) is 18.4. The molecule has 3 rings (SSSR count). The number of hydrogen-bond acceptors (Lipinski definition) is 3. The van der Waals surface area contributed by atoms with Crippen LogP contribution in [-0.4, -0.2) is 8.42 Å². The normalized spacial score (nSPS) is 12.1. The van der Waals surface area contributed by atoms with Gasteiger partial charge in [0.05, 0.1) is 4.90 Å². The van der Waals surface area contributed by atoms with Crippen molar-refractivity contribution in [1.29, 1.82) is 0 Å².